The first-order valence-corrected chi connectivity index (χ1v) is 8.01. The van der Waals surface area contributed by atoms with Gasteiger partial charge in [-0.1, -0.05) is 49.4 Å². The normalized spacial score (nSPS) is 21.9. The average molecular weight is 329 g/mol. The Balaban J connectivity index is 0.00000156. The number of rotatable bonds is 2. The maximum atomic E-state index is 12.7. The Morgan fingerprint density at radius 2 is 1.91 bits per heavy atom. The quantitative estimate of drug-likeness (QED) is 0.889. The minimum absolute atomic E-state index is 0. The number of nitrogens with one attached hydrogen (secondary N) is 2. The highest BCUT2D eigenvalue weighted by molar-refractivity contribution is 6.04. The molecule has 4 heteroatoms. The van der Waals surface area contributed by atoms with E-state index >= 15 is 0 Å². The number of hydrogen-bond donors (Lipinski definition) is 2. The molecule has 0 bridgehead atoms. The highest BCUT2D eigenvalue weighted by Crippen LogP contribution is 2.37. The van der Waals surface area contributed by atoms with E-state index in [1.165, 1.54) is 11.1 Å². The molecule has 2 atom stereocenters. The van der Waals surface area contributed by atoms with Crippen LogP contribution in [0.1, 0.15) is 34.3 Å². The number of benzene rings is 2. The van der Waals surface area contributed by atoms with E-state index in [0.29, 0.717) is 5.92 Å². The van der Waals surface area contributed by atoms with Gasteiger partial charge in [0.2, 0.25) is 0 Å². The highest BCUT2D eigenvalue weighted by atomic mass is 35.5. The molecule has 2 heterocycles. The largest absolute Gasteiger partial charge is 0.347 e. The van der Waals surface area contributed by atoms with Gasteiger partial charge in [-0.15, -0.1) is 12.4 Å². The van der Waals surface area contributed by atoms with Crippen molar-refractivity contribution < 1.29 is 4.79 Å². The first-order chi connectivity index (χ1) is 10.8. The van der Waals surface area contributed by atoms with Crippen LogP contribution in [0, 0.1) is 0 Å². The predicted octanol–water partition coefficient (Wildman–Crippen LogP) is 3.14. The van der Waals surface area contributed by atoms with Crippen molar-refractivity contribution in [2.45, 2.75) is 25.3 Å². The van der Waals surface area contributed by atoms with Gasteiger partial charge in [-0.05, 0) is 28.7 Å². The molecule has 2 aromatic carbocycles. The standard InChI is InChI=1S/C19H20N2O.ClH/c1-2-12-8-14(13-6-4-3-5-7-13)18-15(9-12)16-10-20-11-17(16)21-19(18)22;/h3-9,16-17,20H,2,10-11H2,1H3,(H,21,22);1H/t16-,17+;/m1./s1. The van der Waals surface area contributed by atoms with Crippen molar-refractivity contribution in [3.63, 3.8) is 0 Å². The van der Waals surface area contributed by atoms with Crippen molar-refractivity contribution in [3.05, 3.63) is 59.2 Å². The van der Waals surface area contributed by atoms with Crippen molar-refractivity contribution in [2.24, 2.45) is 0 Å². The summed E-state index contributed by atoms with van der Waals surface area (Å²) in [7, 11) is 0. The second-order valence-electron chi connectivity index (χ2n) is 6.17. The Labute approximate surface area is 142 Å². The van der Waals surface area contributed by atoms with Gasteiger partial charge in [-0.2, -0.15) is 0 Å². The van der Waals surface area contributed by atoms with Gasteiger partial charge in [0, 0.05) is 25.0 Å². The van der Waals surface area contributed by atoms with Gasteiger partial charge in [-0.3, -0.25) is 4.79 Å². The SMILES string of the molecule is CCc1cc(-c2ccccc2)c2c(c1)[C@H]1CNC[C@@H]1NC2=O.Cl. The Kier molecular flexibility index (Phi) is 4.42. The number of hydrogen-bond acceptors (Lipinski definition) is 2. The van der Waals surface area contributed by atoms with Crippen LogP contribution in [0.2, 0.25) is 0 Å². The van der Waals surface area contributed by atoms with Gasteiger partial charge in [0.15, 0.2) is 0 Å². The van der Waals surface area contributed by atoms with E-state index in [0.717, 1.165) is 36.2 Å². The molecule has 2 aliphatic rings. The molecule has 0 unspecified atom stereocenters. The van der Waals surface area contributed by atoms with E-state index in [-0.39, 0.29) is 24.4 Å². The van der Waals surface area contributed by atoms with Gasteiger partial charge in [0.05, 0.1) is 5.56 Å². The third kappa shape index (κ3) is 2.64. The topological polar surface area (TPSA) is 41.1 Å². The molecule has 0 spiro atoms. The van der Waals surface area contributed by atoms with Crippen LogP contribution in [0.3, 0.4) is 0 Å². The van der Waals surface area contributed by atoms with Crippen molar-refractivity contribution in [3.8, 4) is 11.1 Å². The Morgan fingerprint density at radius 3 is 2.65 bits per heavy atom. The van der Waals surface area contributed by atoms with E-state index in [1.807, 2.05) is 18.2 Å². The number of carbonyl (C=O) groups is 1. The van der Waals surface area contributed by atoms with Crippen LogP contribution in [0.4, 0.5) is 0 Å². The number of halogens is 1. The molecule has 2 aliphatic heterocycles. The van der Waals surface area contributed by atoms with Crippen LogP contribution >= 0.6 is 12.4 Å². The molecule has 3 nitrogen and oxygen atoms in total. The predicted molar refractivity (Wildman–Crippen MR) is 95.4 cm³/mol. The Bertz CT molecular complexity index is 730. The average Bonchev–Trinajstić information content (AvgIpc) is 3.03. The summed E-state index contributed by atoms with van der Waals surface area (Å²) in [6.45, 7) is 3.98. The van der Waals surface area contributed by atoms with Gasteiger partial charge in [-0.25, -0.2) is 0 Å². The summed E-state index contributed by atoms with van der Waals surface area (Å²) in [5.41, 5.74) is 5.58. The molecule has 2 aromatic rings. The molecule has 120 valence electrons. The zero-order valence-corrected chi connectivity index (χ0v) is 14.0. The molecule has 1 fully saturated rings. The molecule has 1 amide bonds. The summed E-state index contributed by atoms with van der Waals surface area (Å²) in [4.78, 5) is 12.7. The lowest BCUT2D eigenvalue weighted by Gasteiger charge is -2.30. The molecular weight excluding hydrogens is 308 g/mol. The fourth-order valence-corrected chi connectivity index (χ4v) is 3.72. The monoisotopic (exact) mass is 328 g/mol. The molecule has 1 saturated heterocycles. The van der Waals surface area contributed by atoms with E-state index in [1.54, 1.807) is 0 Å². The molecule has 0 aromatic heterocycles. The molecular formula is C19H21ClN2O. The maximum absolute atomic E-state index is 12.7. The van der Waals surface area contributed by atoms with Crippen LogP contribution < -0.4 is 10.6 Å². The van der Waals surface area contributed by atoms with Crippen molar-refractivity contribution in [1.29, 1.82) is 0 Å². The first-order valence-electron chi connectivity index (χ1n) is 8.01. The van der Waals surface area contributed by atoms with E-state index in [9.17, 15) is 4.79 Å². The van der Waals surface area contributed by atoms with Gasteiger partial charge in [0.25, 0.3) is 5.91 Å². The number of aryl methyl sites for hydroxylation is 1. The fraction of sp³-hybridized carbons (Fsp3) is 0.316. The van der Waals surface area contributed by atoms with Crippen molar-refractivity contribution >= 4 is 18.3 Å². The fourth-order valence-electron chi connectivity index (χ4n) is 3.72. The van der Waals surface area contributed by atoms with Gasteiger partial charge in [0.1, 0.15) is 0 Å². The van der Waals surface area contributed by atoms with Gasteiger partial charge < -0.3 is 10.6 Å². The van der Waals surface area contributed by atoms with Crippen LogP contribution in [0.25, 0.3) is 11.1 Å². The third-order valence-electron chi connectivity index (χ3n) is 4.88. The smallest absolute Gasteiger partial charge is 0.252 e. The highest BCUT2D eigenvalue weighted by Gasteiger charge is 2.38. The van der Waals surface area contributed by atoms with Crippen LogP contribution in [0.5, 0.6) is 0 Å². The molecule has 0 saturated carbocycles. The zero-order valence-electron chi connectivity index (χ0n) is 13.1. The number of carbonyl (C=O) groups excluding carboxylic acids is 1. The minimum atomic E-state index is 0. The van der Waals surface area contributed by atoms with Crippen LogP contribution in [0.15, 0.2) is 42.5 Å². The lowest BCUT2D eigenvalue weighted by molar-refractivity contribution is 0.0925. The molecule has 2 N–H and O–H groups in total. The maximum Gasteiger partial charge on any atom is 0.252 e. The lowest BCUT2D eigenvalue weighted by Crippen LogP contribution is -2.44. The summed E-state index contributed by atoms with van der Waals surface area (Å²) in [6.07, 6.45) is 0.986. The molecule has 23 heavy (non-hydrogen) atoms. The zero-order chi connectivity index (χ0) is 15.1. The van der Waals surface area contributed by atoms with Crippen molar-refractivity contribution in [1.82, 2.24) is 10.6 Å². The van der Waals surface area contributed by atoms with Gasteiger partial charge >= 0.3 is 0 Å². The van der Waals surface area contributed by atoms with Crippen molar-refractivity contribution in [2.75, 3.05) is 13.1 Å². The summed E-state index contributed by atoms with van der Waals surface area (Å²) >= 11 is 0. The molecule has 0 aliphatic carbocycles. The summed E-state index contributed by atoms with van der Waals surface area (Å²) in [6, 6.07) is 14.9. The van der Waals surface area contributed by atoms with E-state index in [4.69, 9.17) is 0 Å². The molecule has 4 rings (SSSR count). The van der Waals surface area contributed by atoms with E-state index in [2.05, 4.69) is 41.8 Å². The second kappa shape index (κ2) is 6.34. The van der Waals surface area contributed by atoms with E-state index < -0.39 is 0 Å². The third-order valence-corrected chi connectivity index (χ3v) is 4.88. The lowest BCUT2D eigenvalue weighted by atomic mass is 9.81. The number of fused-ring (bicyclic) bond motifs is 3. The summed E-state index contributed by atoms with van der Waals surface area (Å²) < 4.78 is 0. The Morgan fingerprint density at radius 1 is 1.13 bits per heavy atom. The summed E-state index contributed by atoms with van der Waals surface area (Å²) in [5, 5.41) is 6.59. The Hall–Kier alpha value is -1.84. The van der Waals surface area contributed by atoms with Crippen LogP contribution in [-0.4, -0.2) is 25.0 Å². The second-order valence-corrected chi connectivity index (χ2v) is 6.17. The minimum Gasteiger partial charge on any atom is -0.347 e. The first kappa shape index (κ1) is 16.0. The summed E-state index contributed by atoms with van der Waals surface area (Å²) in [5.74, 6) is 0.461. The molecule has 0 radical (unpaired) electrons. The van der Waals surface area contributed by atoms with Crippen LogP contribution in [-0.2, 0) is 6.42 Å². The number of amides is 1.